The molecule has 1 N–H and O–H groups in total. The van der Waals surface area contributed by atoms with Crippen molar-refractivity contribution in [3.63, 3.8) is 0 Å². The highest BCUT2D eigenvalue weighted by Crippen LogP contribution is 2.29. The molecule has 0 aromatic heterocycles. The lowest BCUT2D eigenvalue weighted by Crippen LogP contribution is -2.43. The quantitative estimate of drug-likeness (QED) is 0.636. The number of carboxylic acid groups (broad SMARTS) is 1. The fourth-order valence-electron chi connectivity index (χ4n) is 2.99. The van der Waals surface area contributed by atoms with Crippen molar-refractivity contribution < 1.29 is 19.4 Å². The van der Waals surface area contributed by atoms with Crippen molar-refractivity contribution in [3.05, 3.63) is 29.8 Å². The van der Waals surface area contributed by atoms with Crippen LogP contribution in [0.3, 0.4) is 0 Å². The zero-order valence-electron chi connectivity index (χ0n) is 13.5. The smallest absolute Gasteiger partial charge is 0.325 e. The van der Waals surface area contributed by atoms with Crippen molar-refractivity contribution in [1.29, 1.82) is 0 Å². The summed E-state index contributed by atoms with van der Waals surface area (Å²) in [5.41, 5.74) is 0.750. The molecule has 1 aliphatic rings. The third kappa shape index (κ3) is 4.48. The van der Waals surface area contributed by atoms with Crippen LogP contribution in [0.5, 0.6) is 0 Å². The van der Waals surface area contributed by atoms with Crippen molar-refractivity contribution >= 4 is 23.7 Å². The minimum absolute atomic E-state index is 0.223. The van der Waals surface area contributed by atoms with Gasteiger partial charge in [0.2, 0.25) is 0 Å². The molecule has 2 unspecified atom stereocenters. The SMILES string of the molecule is CCOC(=O)C1CCCN(C(C(=O)O)c2ccc(SC)cc2)C1. The summed E-state index contributed by atoms with van der Waals surface area (Å²) in [6.45, 7) is 3.25. The summed E-state index contributed by atoms with van der Waals surface area (Å²) in [5, 5.41) is 9.67. The molecule has 2 atom stereocenters. The molecule has 1 saturated heterocycles. The lowest BCUT2D eigenvalue weighted by molar-refractivity contribution is -0.153. The topological polar surface area (TPSA) is 66.8 Å². The van der Waals surface area contributed by atoms with Gasteiger partial charge >= 0.3 is 11.9 Å². The van der Waals surface area contributed by atoms with Gasteiger partial charge in [-0.05, 0) is 50.3 Å². The van der Waals surface area contributed by atoms with Gasteiger partial charge in [0.25, 0.3) is 0 Å². The number of hydrogen-bond acceptors (Lipinski definition) is 5. The summed E-state index contributed by atoms with van der Waals surface area (Å²) < 4.78 is 5.09. The lowest BCUT2D eigenvalue weighted by atomic mass is 9.95. The maximum Gasteiger partial charge on any atom is 0.325 e. The number of carbonyl (C=O) groups excluding carboxylic acids is 1. The lowest BCUT2D eigenvalue weighted by Gasteiger charge is -2.35. The van der Waals surface area contributed by atoms with E-state index in [-0.39, 0.29) is 11.9 Å². The second kappa shape index (κ2) is 8.36. The Labute approximate surface area is 141 Å². The maximum atomic E-state index is 12.0. The Morgan fingerprint density at radius 3 is 2.65 bits per heavy atom. The number of esters is 1. The highest BCUT2D eigenvalue weighted by molar-refractivity contribution is 7.98. The zero-order valence-corrected chi connectivity index (χ0v) is 14.3. The molecule has 1 fully saturated rings. The molecule has 1 aromatic rings. The molecule has 0 aliphatic carbocycles. The van der Waals surface area contributed by atoms with E-state index in [1.165, 1.54) is 0 Å². The molecule has 23 heavy (non-hydrogen) atoms. The number of carbonyl (C=O) groups is 2. The van der Waals surface area contributed by atoms with E-state index in [9.17, 15) is 14.7 Å². The van der Waals surface area contributed by atoms with Crippen LogP contribution in [0.1, 0.15) is 31.4 Å². The summed E-state index contributed by atoms with van der Waals surface area (Å²) in [6.07, 6.45) is 3.54. The minimum Gasteiger partial charge on any atom is -0.480 e. The van der Waals surface area contributed by atoms with Gasteiger partial charge in [-0.15, -0.1) is 11.8 Å². The molecule has 1 aromatic carbocycles. The Kier molecular flexibility index (Phi) is 6.47. The largest absolute Gasteiger partial charge is 0.480 e. The highest BCUT2D eigenvalue weighted by Gasteiger charge is 2.34. The number of aliphatic carboxylic acids is 1. The van der Waals surface area contributed by atoms with Crippen LogP contribution in [0.4, 0.5) is 0 Å². The second-order valence-corrected chi connectivity index (χ2v) is 6.48. The number of piperidine rings is 1. The van der Waals surface area contributed by atoms with E-state index in [1.807, 2.05) is 35.4 Å². The second-order valence-electron chi connectivity index (χ2n) is 5.60. The van der Waals surface area contributed by atoms with Gasteiger partial charge in [-0.3, -0.25) is 14.5 Å². The Morgan fingerprint density at radius 2 is 2.09 bits per heavy atom. The zero-order chi connectivity index (χ0) is 16.8. The van der Waals surface area contributed by atoms with Crippen LogP contribution in [-0.2, 0) is 14.3 Å². The first-order chi connectivity index (χ1) is 11.1. The number of hydrogen-bond donors (Lipinski definition) is 1. The molecule has 2 rings (SSSR count). The fourth-order valence-corrected chi connectivity index (χ4v) is 3.40. The third-order valence-corrected chi connectivity index (χ3v) is 4.85. The van der Waals surface area contributed by atoms with Gasteiger partial charge < -0.3 is 9.84 Å². The molecule has 126 valence electrons. The van der Waals surface area contributed by atoms with E-state index < -0.39 is 12.0 Å². The monoisotopic (exact) mass is 337 g/mol. The number of nitrogens with zero attached hydrogens (tertiary/aromatic N) is 1. The number of ether oxygens (including phenoxy) is 1. The van der Waals surface area contributed by atoms with Crippen LogP contribution < -0.4 is 0 Å². The van der Waals surface area contributed by atoms with Gasteiger partial charge in [-0.25, -0.2) is 0 Å². The van der Waals surface area contributed by atoms with Crippen LogP contribution in [-0.4, -0.2) is 47.9 Å². The van der Waals surface area contributed by atoms with Crippen molar-refractivity contribution in [1.82, 2.24) is 4.90 Å². The minimum atomic E-state index is -0.883. The number of carboxylic acids is 1. The number of benzene rings is 1. The third-order valence-electron chi connectivity index (χ3n) is 4.10. The summed E-state index contributed by atoms with van der Waals surface area (Å²) in [7, 11) is 0. The summed E-state index contributed by atoms with van der Waals surface area (Å²) >= 11 is 1.62. The molecule has 1 heterocycles. The van der Waals surface area contributed by atoms with Crippen LogP contribution in [0.25, 0.3) is 0 Å². The van der Waals surface area contributed by atoms with Gasteiger partial charge in [0, 0.05) is 11.4 Å². The van der Waals surface area contributed by atoms with Crippen molar-refractivity contribution in [2.45, 2.75) is 30.7 Å². The summed E-state index contributed by atoms with van der Waals surface area (Å²) in [5.74, 6) is -1.35. The Morgan fingerprint density at radius 1 is 1.39 bits per heavy atom. The van der Waals surface area contributed by atoms with E-state index in [0.29, 0.717) is 19.7 Å². The predicted molar refractivity (Wildman–Crippen MR) is 89.5 cm³/mol. The number of rotatable bonds is 6. The Hall–Kier alpha value is -1.53. The average molecular weight is 337 g/mol. The normalized spacial score (nSPS) is 20.0. The van der Waals surface area contributed by atoms with Crippen molar-refractivity contribution in [2.75, 3.05) is 26.0 Å². The Bertz CT molecular complexity index is 546. The molecule has 0 radical (unpaired) electrons. The van der Waals surface area contributed by atoms with E-state index in [2.05, 4.69) is 0 Å². The molecule has 0 amide bonds. The molecule has 0 spiro atoms. The summed E-state index contributed by atoms with van der Waals surface area (Å²) in [4.78, 5) is 26.7. The number of likely N-dealkylation sites (tertiary alicyclic amines) is 1. The molecule has 5 nitrogen and oxygen atoms in total. The molecule has 1 aliphatic heterocycles. The maximum absolute atomic E-state index is 12.0. The van der Waals surface area contributed by atoms with Gasteiger partial charge in [0.15, 0.2) is 0 Å². The summed E-state index contributed by atoms with van der Waals surface area (Å²) in [6, 6.07) is 6.87. The van der Waals surface area contributed by atoms with Crippen LogP contribution in [0.2, 0.25) is 0 Å². The van der Waals surface area contributed by atoms with Gasteiger partial charge in [0.05, 0.1) is 12.5 Å². The van der Waals surface area contributed by atoms with E-state index in [0.717, 1.165) is 23.3 Å². The van der Waals surface area contributed by atoms with Crippen molar-refractivity contribution in [2.24, 2.45) is 5.92 Å². The van der Waals surface area contributed by atoms with Crippen LogP contribution >= 0.6 is 11.8 Å². The highest BCUT2D eigenvalue weighted by atomic mass is 32.2. The molecular weight excluding hydrogens is 314 g/mol. The van der Waals surface area contributed by atoms with E-state index >= 15 is 0 Å². The first-order valence-electron chi connectivity index (χ1n) is 7.84. The molecular formula is C17H23NO4S. The van der Waals surface area contributed by atoms with Crippen LogP contribution in [0, 0.1) is 5.92 Å². The van der Waals surface area contributed by atoms with Crippen molar-refractivity contribution in [3.8, 4) is 0 Å². The van der Waals surface area contributed by atoms with Gasteiger partial charge in [-0.1, -0.05) is 12.1 Å². The van der Waals surface area contributed by atoms with Crippen LogP contribution in [0.15, 0.2) is 29.2 Å². The van der Waals surface area contributed by atoms with Gasteiger partial charge in [0.1, 0.15) is 6.04 Å². The molecule has 0 saturated carbocycles. The molecule has 6 heteroatoms. The van der Waals surface area contributed by atoms with Gasteiger partial charge in [-0.2, -0.15) is 0 Å². The first kappa shape index (κ1) is 17.8. The predicted octanol–water partition coefficient (Wildman–Crippen LogP) is 2.81. The standard InChI is InChI=1S/C17H23NO4S/c1-3-22-17(21)13-5-4-10-18(11-13)15(16(19)20)12-6-8-14(23-2)9-7-12/h6-9,13,15H,3-5,10-11H2,1-2H3,(H,19,20). The number of thioether (sulfide) groups is 1. The van der Waals surface area contributed by atoms with E-state index in [4.69, 9.17) is 4.74 Å². The van der Waals surface area contributed by atoms with E-state index in [1.54, 1.807) is 18.7 Å². The Balaban J connectivity index is 2.16. The first-order valence-corrected chi connectivity index (χ1v) is 9.06. The molecule has 0 bridgehead atoms. The average Bonchev–Trinajstić information content (AvgIpc) is 2.56. The fraction of sp³-hybridized carbons (Fsp3) is 0.529.